The van der Waals surface area contributed by atoms with Crippen LogP contribution in [0.1, 0.15) is 93.5 Å². The first kappa shape index (κ1) is 76.7. The van der Waals surface area contributed by atoms with Crippen molar-refractivity contribution >= 4 is 53.7 Å². The number of nitrogens with zero attached hydrogens (tertiary/aromatic N) is 3. The largest absolute Gasteiger partial charge is 0.504 e. The van der Waals surface area contributed by atoms with Gasteiger partial charge in [0, 0.05) is 69.7 Å². The summed E-state index contributed by atoms with van der Waals surface area (Å²) in [5.74, 6) is -9.28. The molecule has 3 saturated heterocycles. The smallest absolute Gasteiger partial charge is 0.409 e. The molecule has 30 heteroatoms. The number of phenolic OH excluding ortho intramolecular Hbond substituents is 1. The highest BCUT2D eigenvalue weighted by atomic mass is 16.6. The van der Waals surface area contributed by atoms with Crippen molar-refractivity contribution in [1.82, 2.24) is 46.6 Å². The molecule has 30 nitrogen and oxygen atoms in total. The Morgan fingerprint density at radius 1 is 0.644 bits per heavy atom. The number of rotatable bonds is 19. The summed E-state index contributed by atoms with van der Waals surface area (Å²) < 4.78 is 22.9. The highest BCUT2D eigenvalue weighted by molar-refractivity contribution is 5.98. The average Bonchev–Trinajstić information content (AvgIpc) is 1.63. The van der Waals surface area contributed by atoms with Crippen LogP contribution in [-0.4, -0.2) is 253 Å². The molecule has 5 aromatic rings. The number of hydrogen-bond acceptors (Lipinski definition) is 21. The molecule has 558 valence electrons. The molecule has 13 atom stereocenters. The third-order valence-electron chi connectivity index (χ3n) is 19.2. The van der Waals surface area contributed by atoms with Gasteiger partial charge in [-0.3, -0.25) is 28.8 Å². The first-order valence-electron chi connectivity index (χ1n) is 34.7. The van der Waals surface area contributed by atoms with Crippen molar-refractivity contribution in [2.45, 2.75) is 151 Å². The van der Waals surface area contributed by atoms with Crippen LogP contribution in [0.25, 0.3) is 22.3 Å². The van der Waals surface area contributed by atoms with Gasteiger partial charge in [-0.15, -0.1) is 0 Å². The summed E-state index contributed by atoms with van der Waals surface area (Å²) in [6.45, 7) is 3.95. The van der Waals surface area contributed by atoms with Gasteiger partial charge < -0.3 is 106 Å². The predicted molar refractivity (Wildman–Crippen MR) is 372 cm³/mol. The summed E-state index contributed by atoms with van der Waals surface area (Å²) in [5, 5.41) is 106. The summed E-state index contributed by atoms with van der Waals surface area (Å²) in [6, 6.07) is 23.1. The third-order valence-corrected chi connectivity index (χ3v) is 19.2. The zero-order valence-corrected chi connectivity index (χ0v) is 58.3. The van der Waals surface area contributed by atoms with Crippen LogP contribution in [0.3, 0.4) is 0 Å². The number of amides is 9. The fraction of sp³-hybridized carbons (Fsp3) is 0.473. The van der Waals surface area contributed by atoms with E-state index >= 15 is 9.59 Å². The predicted octanol–water partition coefficient (Wildman–Crippen LogP) is 0.986. The molecule has 9 amide bonds. The number of phenols is 1. The molecular weight excluding hydrogens is 1350 g/mol. The Hall–Kier alpha value is -9.95. The fourth-order valence-electron chi connectivity index (χ4n) is 14.0. The lowest BCUT2D eigenvalue weighted by Crippen LogP contribution is -2.64. The lowest BCUT2D eigenvalue weighted by Gasteiger charge is -2.34. The fourth-order valence-corrected chi connectivity index (χ4v) is 14.0. The van der Waals surface area contributed by atoms with Gasteiger partial charge in [0.25, 0.3) is 0 Å². The summed E-state index contributed by atoms with van der Waals surface area (Å²) in [4.78, 5) is 132. The molecular formula is C74H91N9O21. The third kappa shape index (κ3) is 18.0. The molecule has 0 unspecified atom stereocenters. The maximum absolute atomic E-state index is 15.3. The molecule has 0 saturated carbocycles. The van der Waals surface area contributed by atoms with Crippen LogP contribution < -0.4 is 36.6 Å². The van der Waals surface area contributed by atoms with Crippen molar-refractivity contribution in [2.24, 2.45) is 5.92 Å². The summed E-state index contributed by atoms with van der Waals surface area (Å²) in [7, 11) is 0. The highest BCUT2D eigenvalue weighted by Gasteiger charge is 2.50. The van der Waals surface area contributed by atoms with Crippen LogP contribution in [0.5, 0.6) is 11.5 Å². The highest BCUT2D eigenvalue weighted by Crippen LogP contribution is 2.46. The monoisotopic (exact) mass is 1440 g/mol. The van der Waals surface area contributed by atoms with E-state index in [9.17, 15) is 74.4 Å². The van der Waals surface area contributed by atoms with Gasteiger partial charge in [-0.2, -0.15) is 0 Å². The second-order valence-electron chi connectivity index (χ2n) is 27.9. The van der Waals surface area contributed by atoms with Crippen LogP contribution in [-0.2, 0) is 49.4 Å². The van der Waals surface area contributed by atoms with Crippen LogP contribution in [0.15, 0.2) is 115 Å². The van der Waals surface area contributed by atoms with Gasteiger partial charge in [0.1, 0.15) is 61.7 Å². The van der Waals surface area contributed by atoms with Crippen LogP contribution in [0.2, 0.25) is 0 Å². The lowest BCUT2D eigenvalue weighted by molar-refractivity contribution is -0.147. The number of hydrogen-bond donors (Lipinski definition) is 14. The lowest BCUT2D eigenvalue weighted by atomic mass is 9.98. The van der Waals surface area contributed by atoms with E-state index in [1.165, 1.54) is 50.8 Å². The van der Waals surface area contributed by atoms with E-state index in [-0.39, 0.29) is 62.6 Å². The maximum Gasteiger partial charge on any atom is 0.409 e. The number of ether oxygens (including phenoxy) is 4. The number of nitrogens with one attached hydrogen (secondary N) is 6. The number of aliphatic hydroxyl groups excluding tert-OH is 7. The molecule has 14 N–H and O–H groups in total. The molecule has 5 aliphatic rings. The molecule has 3 fully saturated rings. The minimum absolute atomic E-state index is 0.0189. The topological polar surface area (TPSA) is 434 Å². The Balaban J connectivity index is 0.920. The Kier molecular flexibility index (Phi) is 24.8. The Morgan fingerprint density at radius 3 is 1.78 bits per heavy atom. The molecule has 10 rings (SSSR count). The molecule has 3 aliphatic heterocycles. The standard InChI is InChI=1S/C74H91N9O21/c1-39-35-83-63(64(39)91)68(95)76-34-42(86)32-54(77-72(99)104-74(3,4)5)65(92)78-60(40(2)85)69(96)82-36-43(87)33-55(82)66(93)79-61(67(94)80-62(70(83)97)57(89)24-25-75-71(98)102-37-52-48-18-10-6-14-44(48)45-15-7-11-19-49(45)52)58(90)30-41-22-23-56(88)59(31-41)101-29-27-81(26-28-84)73(100)103-38-53-50-20-12-8-16-46(50)47-17-9-13-21-51(47)53/h6-23,31,39-40,42-43,52-55,57-58,60-64,84-91H,24-30,32-38H2,1-5H3,(H,75,98)(H,76,95)(H,77,99)(H,78,92)(H,79,93)(H,80,94)/t39-,40+,42+,43+,54-,55-,57+,58+,60-,61-,62-,63-,64-/m0/s1. The van der Waals surface area contributed by atoms with Crippen molar-refractivity contribution in [3.8, 4) is 33.8 Å². The quantitative estimate of drug-likeness (QED) is 0.0513. The molecule has 2 aliphatic carbocycles. The first-order chi connectivity index (χ1) is 49.6. The van der Waals surface area contributed by atoms with Crippen LogP contribution >= 0.6 is 0 Å². The number of carbonyl (C=O) groups is 9. The summed E-state index contributed by atoms with van der Waals surface area (Å²) in [5.41, 5.74) is 6.83. The molecule has 0 bridgehead atoms. The van der Waals surface area contributed by atoms with Gasteiger partial charge >= 0.3 is 18.3 Å². The number of fused-ring (bicyclic) bond motifs is 8. The number of aliphatic hydroxyl groups is 7. The second kappa shape index (κ2) is 33.7. The SMILES string of the molecule is C[C@@H](O)[C@@H]1NC(=O)[C@@H](NC(=O)OC(C)(C)C)C[C@@H](O)CNC(=O)[C@@H]2[C@@H](O)[C@@H](C)CN2C(=O)[C@H]([C@H](O)CCNC(=O)OCC2c3ccccc3-c3ccccc32)NC(=O)[C@H]([C@H](O)Cc2ccc(O)c(OCCN(CCO)C(=O)OCC3c4ccccc4-c4ccccc43)c2)NC(=O)[C@@H]2C[C@@H](O)CN2C1=O. The second-order valence-corrected chi connectivity index (χ2v) is 27.9. The number of aromatic hydroxyl groups is 1. The van der Waals surface area contributed by atoms with Crippen molar-refractivity contribution in [3.05, 3.63) is 143 Å². The summed E-state index contributed by atoms with van der Waals surface area (Å²) >= 11 is 0. The molecule has 0 aromatic heterocycles. The van der Waals surface area contributed by atoms with Crippen molar-refractivity contribution in [2.75, 3.05) is 65.7 Å². The van der Waals surface area contributed by atoms with E-state index in [2.05, 4.69) is 31.9 Å². The molecule has 5 aromatic carbocycles. The molecule has 3 heterocycles. The van der Waals surface area contributed by atoms with E-state index in [0.29, 0.717) is 0 Å². The summed E-state index contributed by atoms with van der Waals surface area (Å²) in [6.07, 6.45) is -15.8. The first-order valence-corrected chi connectivity index (χ1v) is 34.7. The number of alkyl carbamates (subject to hydrolysis) is 2. The normalized spacial score (nSPS) is 24.1. The average molecular weight is 1440 g/mol. The van der Waals surface area contributed by atoms with Crippen molar-refractivity contribution in [3.63, 3.8) is 0 Å². The minimum atomic E-state index is -2.20. The Morgan fingerprint density at radius 2 is 1.20 bits per heavy atom. The van der Waals surface area contributed by atoms with E-state index in [4.69, 9.17) is 18.9 Å². The van der Waals surface area contributed by atoms with E-state index in [0.717, 1.165) is 61.2 Å². The van der Waals surface area contributed by atoms with Gasteiger partial charge in [-0.25, -0.2) is 14.4 Å². The van der Waals surface area contributed by atoms with Gasteiger partial charge in [0.05, 0.1) is 49.8 Å². The Bertz CT molecular complexity index is 3870. The van der Waals surface area contributed by atoms with Crippen LogP contribution in [0, 0.1) is 5.92 Å². The molecule has 0 spiro atoms. The van der Waals surface area contributed by atoms with E-state index in [1.807, 2.05) is 97.1 Å². The van der Waals surface area contributed by atoms with Gasteiger partial charge in [-0.1, -0.05) is 110 Å². The molecule has 0 radical (unpaired) electrons. The maximum atomic E-state index is 15.3. The zero-order valence-electron chi connectivity index (χ0n) is 58.3. The van der Waals surface area contributed by atoms with Crippen LogP contribution in [0.4, 0.5) is 14.4 Å². The Labute approximate surface area is 600 Å². The van der Waals surface area contributed by atoms with E-state index < -0.39 is 196 Å². The molecule has 104 heavy (non-hydrogen) atoms. The van der Waals surface area contributed by atoms with Gasteiger partial charge in [-0.05, 0) is 96.3 Å². The number of benzene rings is 5. The minimum Gasteiger partial charge on any atom is -0.504 e. The number of β-amino-alcohol motifs (C(OH)–C–C–N with tert-alkyl or cyclic N) is 1. The van der Waals surface area contributed by atoms with Gasteiger partial charge in [0.2, 0.25) is 35.4 Å². The van der Waals surface area contributed by atoms with E-state index in [1.54, 1.807) is 0 Å². The van der Waals surface area contributed by atoms with Crippen molar-refractivity contribution in [1.29, 1.82) is 0 Å². The number of carbonyl (C=O) groups excluding carboxylic acids is 9. The van der Waals surface area contributed by atoms with Gasteiger partial charge in [0.15, 0.2) is 11.5 Å². The van der Waals surface area contributed by atoms with Crippen molar-refractivity contribution < 1.29 is 103 Å². The zero-order chi connectivity index (χ0) is 74.8.